The summed E-state index contributed by atoms with van der Waals surface area (Å²) in [5, 5.41) is 12.6. The Balaban J connectivity index is 1.27. The van der Waals surface area contributed by atoms with Crippen LogP contribution in [0.5, 0.6) is 5.75 Å². The van der Waals surface area contributed by atoms with Gasteiger partial charge in [0.25, 0.3) is 11.5 Å². The number of carbonyl (C=O) groups is 3. The standard InChI is InChI=1S/C27H29N5O5/c1-17(32-24(33)14-13-23(31-32)18-7-11-22(37-2)12-8-18)25(34)28-15-16-29-26(35)19-5-9-21(10-6-19)30-27(36)20-3-4-20/h5-14,17,20H,3-4,15-16H2,1-2H3,(H,28,34)(H,29,35)(H,30,36). The second kappa shape index (κ2) is 11.5. The van der Waals surface area contributed by atoms with Gasteiger partial charge in [-0.3, -0.25) is 19.2 Å². The molecule has 1 heterocycles. The molecule has 1 aliphatic carbocycles. The Labute approximate surface area is 214 Å². The third kappa shape index (κ3) is 6.60. The maximum atomic E-state index is 12.6. The van der Waals surface area contributed by atoms with Crippen molar-refractivity contribution in [1.82, 2.24) is 20.4 Å². The van der Waals surface area contributed by atoms with Crippen LogP contribution in [0.15, 0.2) is 65.5 Å². The van der Waals surface area contributed by atoms with Crippen molar-refractivity contribution in [2.75, 3.05) is 25.5 Å². The summed E-state index contributed by atoms with van der Waals surface area (Å²) in [7, 11) is 1.58. The molecule has 1 aliphatic rings. The average Bonchev–Trinajstić information content (AvgIpc) is 3.77. The zero-order valence-electron chi connectivity index (χ0n) is 20.7. The Morgan fingerprint density at radius 2 is 1.65 bits per heavy atom. The van der Waals surface area contributed by atoms with Crippen LogP contribution in [0.3, 0.4) is 0 Å². The lowest BCUT2D eigenvalue weighted by atomic mass is 10.1. The normalized spacial score (nSPS) is 13.4. The SMILES string of the molecule is COc1ccc(-c2ccc(=O)n(C(C)C(=O)NCCNC(=O)c3ccc(NC(=O)C4CC4)cc3)n2)cc1. The van der Waals surface area contributed by atoms with Crippen LogP contribution in [-0.2, 0) is 9.59 Å². The molecule has 10 nitrogen and oxygen atoms in total. The van der Waals surface area contributed by atoms with Gasteiger partial charge in [0.1, 0.15) is 11.8 Å². The van der Waals surface area contributed by atoms with Crippen LogP contribution >= 0.6 is 0 Å². The number of aromatic nitrogens is 2. The van der Waals surface area contributed by atoms with Crippen LogP contribution in [0.4, 0.5) is 5.69 Å². The molecule has 37 heavy (non-hydrogen) atoms. The summed E-state index contributed by atoms with van der Waals surface area (Å²) in [6, 6.07) is 16.0. The van der Waals surface area contributed by atoms with Crippen molar-refractivity contribution in [1.29, 1.82) is 0 Å². The van der Waals surface area contributed by atoms with Gasteiger partial charge in [0, 0.05) is 41.9 Å². The fourth-order valence-electron chi connectivity index (χ4n) is 3.64. The molecular weight excluding hydrogens is 474 g/mol. The number of nitrogens with zero attached hydrogens (tertiary/aromatic N) is 2. The van der Waals surface area contributed by atoms with Gasteiger partial charge in [-0.2, -0.15) is 5.10 Å². The molecule has 1 unspecified atom stereocenters. The molecule has 10 heteroatoms. The van der Waals surface area contributed by atoms with Gasteiger partial charge >= 0.3 is 0 Å². The van der Waals surface area contributed by atoms with Crippen molar-refractivity contribution >= 4 is 23.4 Å². The van der Waals surface area contributed by atoms with Crippen molar-refractivity contribution in [3.63, 3.8) is 0 Å². The van der Waals surface area contributed by atoms with E-state index in [1.165, 1.54) is 6.07 Å². The predicted molar refractivity (Wildman–Crippen MR) is 138 cm³/mol. The Kier molecular flexibility index (Phi) is 7.97. The summed E-state index contributed by atoms with van der Waals surface area (Å²) in [5.41, 5.74) is 2.02. The van der Waals surface area contributed by atoms with Crippen molar-refractivity contribution in [2.45, 2.75) is 25.8 Å². The highest BCUT2D eigenvalue weighted by molar-refractivity contribution is 5.96. The maximum Gasteiger partial charge on any atom is 0.267 e. The van der Waals surface area contributed by atoms with Gasteiger partial charge in [-0.1, -0.05) is 0 Å². The molecule has 4 rings (SSSR count). The molecule has 3 aromatic rings. The summed E-state index contributed by atoms with van der Waals surface area (Å²) < 4.78 is 6.30. The zero-order valence-corrected chi connectivity index (χ0v) is 20.7. The fourth-order valence-corrected chi connectivity index (χ4v) is 3.64. The summed E-state index contributed by atoms with van der Waals surface area (Å²) >= 11 is 0. The van der Waals surface area contributed by atoms with Crippen LogP contribution < -0.4 is 26.2 Å². The third-order valence-electron chi connectivity index (χ3n) is 6.03. The van der Waals surface area contributed by atoms with Crippen LogP contribution in [0.25, 0.3) is 11.3 Å². The van der Waals surface area contributed by atoms with E-state index in [1.807, 2.05) is 12.1 Å². The van der Waals surface area contributed by atoms with Crippen LogP contribution in [0.2, 0.25) is 0 Å². The molecule has 0 radical (unpaired) electrons. The highest BCUT2D eigenvalue weighted by Crippen LogP contribution is 2.30. The number of nitrogens with one attached hydrogen (secondary N) is 3. The van der Waals surface area contributed by atoms with E-state index in [0.717, 1.165) is 23.1 Å². The molecule has 2 aromatic carbocycles. The average molecular weight is 504 g/mol. The van der Waals surface area contributed by atoms with E-state index in [9.17, 15) is 19.2 Å². The summed E-state index contributed by atoms with van der Waals surface area (Å²) in [6.45, 7) is 1.96. The number of anilines is 1. The maximum absolute atomic E-state index is 12.6. The van der Waals surface area contributed by atoms with Gasteiger partial charge < -0.3 is 20.7 Å². The highest BCUT2D eigenvalue weighted by atomic mass is 16.5. The van der Waals surface area contributed by atoms with Gasteiger partial charge in [-0.15, -0.1) is 0 Å². The molecule has 0 spiro atoms. The minimum atomic E-state index is -0.847. The smallest absolute Gasteiger partial charge is 0.267 e. The fraction of sp³-hybridized carbons (Fsp3) is 0.296. The lowest BCUT2D eigenvalue weighted by Gasteiger charge is -2.15. The number of methoxy groups -OCH3 is 1. The van der Waals surface area contributed by atoms with Crippen LogP contribution in [0, 0.1) is 5.92 Å². The first-order valence-corrected chi connectivity index (χ1v) is 12.1. The first-order chi connectivity index (χ1) is 17.9. The topological polar surface area (TPSA) is 131 Å². The van der Waals surface area contributed by atoms with E-state index in [0.29, 0.717) is 22.7 Å². The molecule has 1 saturated carbocycles. The van der Waals surface area contributed by atoms with Crippen LogP contribution in [0.1, 0.15) is 36.2 Å². The molecule has 0 saturated heterocycles. The molecular formula is C27H29N5O5. The first kappa shape index (κ1) is 25.6. The van der Waals surface area contributed by atoms with Gasteiger partial charge in [-0.05, 0) is 74.4 Å². The number of benzene rings is 2. The number of amides is 3. The van der Waals surface area contributed by atoms with Crippen molar-refractivity contribution in [3.05, 3.63) is 76.6 Å². The zero-order chi connectivity index (χ0) is 26.4. The number of ether oxygens (including phenoxy) is 1. The third-order valence-corrected chi connectivity index (χ3v) is 6.03. The van der Waals surface area contributed by atoms with Gasteiger partial charge in [-0.25, -0.2) is 4.68 Å². The highest BCUT2D eigenvalue weighted by Gasteiger charge is 2.29. The predicted octanol–water partition coefficient (Wildman–Crippen LogP) is 2.37. The largest absolute Gasteiger partial charge is 0.497 e. The summed E-state index contributed by atoms with van der Waals surface area (Å²) in [6.07, 6.45) is 1.84. The minimum absolute atomic E-state index is 0.00657. The van der Waals surface area contributed by atoms with Crippen LogP contribution in [-0.4, -0.2) is 47.7 Å². The number of hydrogen-bond acceptors (Lipinski definition) is 6. The monoisotopic (exact) mass is 503 g/mol. The second-order valence-electron chi connectivity index (χ2n) is 8.79. The van der Waals surface area contributed by atoms with Gasteiger partial charge in [0.15, 0.2) is 0 Å². The Morgan fingerprint density at radius 1 is 0.973 bits per heavy atom. The number of hydrogen-bond donors (Lipinski definition) is 3. The molecule has 192 valence electrons. The molecule has 3 N–H and O–H groups in total. The molecule has 1 atom stereocenters. The molecule has 1 fully saturated rings. The van der Waals surface area contributed by atoms with Crippen molar-refractivity contribution in [2.24, 2.45) is 5.92 Å². The summed E-state index contributed by atoms with van der Waals surface area (Å²) in [5.74, 6) is 0.116. The van der Waals surface area contributed by atoms with Gasteiger partial charge in [0.05, 0.1) is 12.8 Å². The Bertz CT molecular complexity index is 1330. The van der Waals surface area contributed by atoms with E-state index in [4.69, 9.17) is 4.74 Å². The first-order valence-electron chi connectivity index (χ1n) is 12.1. The van der Waals surface area contributed by atoms with Crippen molar-refractivity contribution in [3.8, 4) is 17.0 Å². The van der Waals surface area contributed by atoms with E-state index < -0.39 is 17.5 Å². The molecule has 0 aliphatic heterocycles. The van der Waals surface area contributed by atoms with E-state index >= 15 is 0 Å². The lowest BCUT2D eigenvalue weighted by Crippen LogP contribution is -2.40. The minimum Gasteiger partial charge on any atom is -0.497 e. The number of rotatable bonds is 10. The quantitative estimate of drug-likeness (QED) is 0.364. The lowest BCUT2D eigenvalue weighted by molar-refractivity contribution is -0.124. The second-order valence-corrected chi connectivity index (χ2v) is 8.79. The summed E-state index contributed by atoms with van der Waals surface area (Å²) in [4.78, 5) is 49.2. The molecule has 0 bridgehead atoms. The number of carbonyl (C=O) groups excluding carboxylic acids is 3. The van der Waals surface area contributed by atoms with E-state index in [-0.39, 0.29) is 30.8 Å². The Morgan fingerprint density at radius 3 is 2.30 bits per heavy atom. The molecule has 3 amide bonds. The van der Waals surface area contributed by atoms with E-state index in [1.54, 1.807) is 56.5 Å². The Hall–Kier alpha value is -4.47. The molecule has 1 aromatic heterocycles. The van der Waals surface area contributed by atoms with Crippen molar-refractivity contribution < 1.29 is 19.1 Å². The van der Waals surface area contributed by atoms with E-state index in [2.05, 4.69) is 21.0 Å². The van der Waals surface area contributed by atoms with Gasteiger partial charge in [0.2, 0.25) is 11.8 Å².